The number of allylic oxidation sites excluding steroid dienone is 1. The maximum atomic E-state index is 11.2. The summed E-state index contributed by atoms with van der Waals surface area (Å²) in [5.74, 6) is -0.892. The first-order chi connectivity index (χ1) is 6.89. The zero-order valence-corrected chi connectivity index (χ0v) is 9.70. The molecule has 0 aromatic carbocycles. The highest BCUT2D eigenvalue weighted by atomic mass is 16.7. The second-order valence-corrected chi connectivity index (χ2v) is 4.30. The first-order valence-corrected chi connectivity index (χ1v) is 5.02. The largest absolute Gasteiger partial charge is 0.460 e. The summed E-state index contributed by atoms with van der Waals surface area (Å²) in [6.07, 6.45) is 1.30. The SMILES string of the molecule is CC(C)=CC(=O)OCC1COC(C)(C)O1. The Bertz CT molecular complexity index is 264. The van der Waals surface area contributed by atoms with Crippen LogP contribution in [0, 0.1) is 0 Å². The third kappa shape index (κ3) is 4.44. The first kappa shape index (κ1) is 12.2. The Labute approximate surface area is 90.2 Å². The third-order valence-electron chi connectivity index (χ3n) is 1.89. The van der Waals surface area contributed by atoms with Gasteiger partial charge in [-0.15, -0.1) is 0 Å². The molecule has 0 radical (unpaired) electrons. The van der Waals surface area contributed by atoms with E-state index in [1.54, 1.807) is 0 Å². The summed E-state index contributed by atoms with van der Waals surface area (Å²) >= 11 is 0. The number of esters is 1. The van der Waals surface area contributed by atoms with Crippen molar-refractivity contribution in [2.75, 3.05) is 13.2 Å². The van der Waals surface area contributed by atoms with Crippen LogP contribution in [0.3, 0.4) is 0 Å². The van der Waals surface area contributed by atoms with E-state index in [2.05, 4.69) is 0 Å². The van der Waals surface area contributed by atoms with Crippen LogP contribution in [-0.2, 0) is 19.0 Å². The fourth-order valence-corrected chi connectivity index (χ4v) is 1.30. The second kappa shape index (κ2) is 4.77. The van der Waals surface area contributed by atoms with E-state index < -0.39 is 5.79 Å². The second-order valence-electron chi connectivity index (χ2n) is 4.30. The van der Waals surface area contributed by atoms with Gasteiger partial charge in [-0.2, -0.15) is 0 Å². The summed E-state index contributed by atoms with van der Waals surface area (Å²) in [5.41, 5.74) is 0.920. The van der Waals surface area contributed by atoms with Crippen molar-refractivity contribution in [3.63, 3.8) is 0 Å². The molecular formula is C11H18O4. The smallest absolute Gasteiger partial charge is 0.330 e. The van der Waals surface area contributed by atoms with Crippen molar-refractivity contribution in [2.45, 2.75) is 39.6 Å². The summed E-state index contributed by atoms with van der Waals surface area (Å²) in [6, 6.07) is 0. The highest BCUT2D eigenvalue weighted by Crippen LogP contribution is 2.22. The Morgan fingerprint density at radius 2 is 2.20 bits per heavy atom. The summed E-state index contributed by atoms with van der Waals surface area (Å²) < 4.78 is 15.8. The maximum Gasteiger partial charge on any atom is 0.330 e. The van der Waals surface area contributed by atoms with E-state index >= 15 is 0 Å². The topological polar surface area (TPSA) is 44.8 Å². The molecule has 0 bridgehead atoms. The van der Waals surface area contributed by atoms with Gasteiger partial charge in [0.1, 0.15) is 12.7 Å². The van der Waals surface area contributed by atoms with Gasteiger partial charge in [-0.25, -0.2) is 4.79 Å². The van der Waals surface area contributed by atoms with Crippen molar-refractivity contribution in [2.24, 2.45) is 0 Å². The maximum absolute atomic E-state index is 11.2. The minimum Gasteiger partial charge on any atom is -0.460 e. The molecule has 4 nitrogen and oxygen atoms in total. The van der Waals surface area contributed by atoms with E-state index in [-0.39, 0.29) is 18.7 Å². The normalized spacial score (nSPS) is 23.6. The minimum atomic E-state index is -0.562. The number of carbonyl (C=O) groups excluding carboxylic acids is 1. The molecule has 0 saturated carbocycles. The van der Waals surface area contributed by atoms with E-state index in [0.29, 0.717) is 6.61 Å². The van der Waals surface area contributed by atoms with Crippen LogP contribution in [0.25, 0.3) is 0 Å². The van der Waals surface area contributed by atoms with Gasteiger partial charge in [0.2, 0.25) is 0 Å². The lowest BCUT2D eigenvalue weighted by Crippen LogP contribution is -2.24. The van der Waals surface area contributed by atoms with Gasteiger partial charge in [0.05, 0.1) is 6.61 Å². The zero-order chi connectivity index (χ0) is 11.5. The van der Waals surface area contributed by atoms with Crippen LogP contribution in [0.1, 0.15) is 27.7 Å². The molecule has 0 amide bonds. The molecule has 0 aromatic rings. The van der Waals surface area contributed by atoms with Gasteiger partial charge in [-0.3, -0.25) is 0 Å². The quantitative estimate of drug-likeness (QED) is 0.529. The van der Waals surface area contributed by atoms with E-state index in [1.807, 2.05) is 27.7 Å². The monoisotopic (exact) mass is 214 g/mol. The van der Waals surface area contributed by atoms with Gasteiger partial charge in [0.25, 0.3) is 0 Å². The summed E-state index contributed by atoms with van der Waals surface area (Å²) in [4.78, 5) is 11.2. The fraction of sp³-hybridized carbons (Fsp3) is 0.727. The van der Waals surface area contributed by atoms with E-state index in [4.69, 9.17) is 14.2 Å². The molecule has 1 aliphatic rings. The van der Waals surface area contributed by atoms with E-state index in [0.717, 1.165) is 5.57 Å². The molecule has 1 rings (SSSR count). The third-order valence-corrected chi connectivity index (χ3v) is 1.89. The summed E-state index contributed by atoms with van der Waals surface area (Å²) in [6.45, 7) is 8.08. The molecule has 4 heteroatoms. The molecule has 1 heterocycles. The molecule has 86 valence electrons. The van der Waals surface area contributed by atoms with Crippen LogP contribution in [0.2, 0.25) is 0 Å². The van der Waals surface area contributed by atoms with Crippen LogP contribution >= 0.6 is 0 Å². The molecule has 0 N–H and O–H groups in total. The lowest BCUT2D eigenvalue weighted by molar-refractivity contribution is -0.154. The van der Waals surface area contributed by atoms with Crippen molar-refractivity contribution in [1.29, 1.82) is 0 Å². The number of ether oxygens (including phenoxy) is 3. The predicted octanol–water partition coefficient (Wildman–Crippen LogP) is 1.65. The van der Waals surface area contributed by atoms with Crippen LogP contribution in [0.5, 0.6) is 0 Å². The zero-order valence-electron chi connectivity index (χ0n) is 9.70. The molecule has 1 unspecified atom stereocenters. The molecule has 1 saturated heterocycles. The molecular weight excluding hydrogens is 196 g/mol. The minimum absolute atomic E-state index is 0.158. The van der Waals surface area contributed by atoms with Crippen molar-refractivity contribution >= 4 is 5.97 Å². The summed E-state index contributed by atoms with van der Waals surface area (Å²) in [5, 5.41) is 0. The Morgan fingerprint density at radius 3 is 2.67 bits per heavy atom. The lowest BCUT2D eigenvalue weighted by atomic mass is 10.3. The molecule has 1 fully saturated rings. The van der Waals surface area contributed by atoms with Crippen LogP contribution in [0.4, 0.5) is 0 Å². The Hall–Kier alpha value is -0.870. The van der Waals surface area contributed by atoms with Gasteiger partial charge in [0.15, 0.2) is 5.79 Å². The van der Waals surface area contributed by atoms with Crippen LogP contribution < -0.4 is 0 Å². The number of rotatable bonds is 3. The average molecular weight is 214 g/mol. The molecule has 0 aromatic heterocycles. The van der Waals surface area contributed by atoms with Crippen molar-refractivity contribution in [3.8, 4) is 0 Å². The van der Waals surface area contributed by atoms with Gasteiger partial charge in [0, 0.05) is 6.08 Å². The van der Waals surface area contributed by atoms with Crippen molar-refractivity contribution in [3.05, 3.63) is 11.6 Å². The predicted molar refractivity (Wildman–Crippen MR) is 55.3 cm³/mol. The standard InChI is InChI=1S/C11H18O4/c1-8(2)5-10(12)13-6-9-7-14-11(3,4)15-9/h5,9H,6-7H2,1-4H3. The fourth-order valence-electron chi connectivity index (χ4n) is 1.30. The van der Waals surface area contributed by atoms with E-state index in [9.17, 15) is 4.79 Å². The average Bonchev–Trinajstić information content (AvgIpc) is 2.41. The van der Waals surface area contributed by atoms with Crippen LogP contribution in [0.15, 0.2) is 11.6 Å². The van der Waals surface area contributed by atoms with Gasteiger partial charge in [-0.05, 0) is 27.7 Å². The molecule has 0 aliphatic carbocycles. The van der Waals surface area contributed by atoms with Gasteiger partial charge in [-0.1, -0.05) is 5.57 Å². The van der Waals surface area contributed by atoms with E-state index in [1.165, 1.54) is 6.08 Å². The number of carbonyl (C=O) groups is 1. The lowest BCUT2D eigenvalue weighted by Gasteiger charge is -2.16. The molecule has 1 atom stereocenters. The Balaban J connectivity index is 2.27. The number of hydrogen-bond donors (Lipinski definition) is 0. The van der Waals surface area contributed by atoms with Crippen molar-refractivity contribution < 1.29 is 19.0 Å². The Kier molecular flexibility index (Phi) is 3.88. The summed E-state index contributed by atoms with van der Waals surface area (Å²) in [7, 11) is 0. The van der Waals surface area contributed by atoms with Crippen molar-refractivity contribution in [1.82, 2.24) is 0 Å². The molecule has 0 spiro atoms. The highest BCUT2D eigenvalue weighted by Gasteiger charge is 2.33. The Morgan fingerprint density at radius 1 is 1.53 bits per heavy atom. The first-order valence-electron chi connectivity index (χ1n) is 5.02. The van der Waals surface area contributed by atoms with Crippen LogP contribution in [-0.4, -0.2) is 31.1 Å². The van der Waals surface area contributed by atoms with Gasteiger partial charge < -0.3 is 14.2 Å². The number of hydrogen-bond acceptors (Lipinski definition) is 4. The van der Waals surface area contributed by atoms with Gasteiger partial charge >= 0.3 is 5.97 Å². The molecule has 1 aliphatic heterocycles. The molecule has 15 heavy (non-hydrogen) atoms. The highest BCUT2D eigenvalue weighted by molar-refractivity contribution is 5.82.